The van der Waals surface area contributed by atoms with Gasteiger partial charge in [0.1, 0.15) is 5.82 Å². The highest BCUT2D eigenvalue weighted by Crippen LogP contribution is 2.32. The van der Waals surface area contributed by atoms with E-state index >= 15 is 0 Å². The molecule has 2 aromatic rings. The van der Waals surface area contributed by atoms with Gasteiger partial charge >= 0.3 is 0 Å². The molecule has 1 fully saturated rings. The normalized spacial score (nSPS) is 14.3. The monoisotopic (exact) mass is 395 g/mol. The minimum atomic E-state index is -3.20. The molecular weight excluding hydrogens is 377 g/mol. The SMILES string of the molecule is CS(=O)(=O)Cc1cccc(C(=O)N(Cc2c(F)cccc2Cl)C2CC2)c1. The van der Waals surface area contributed by atoms with Crippen LogP contribution in [0, 0.1) is 5.82 Å². The van der Waals surface area contributed by atoms with Gasteiger partial charge in [0, 0.05) is 28.4 Å². The predicted molar refractivity (Wildman–Crippen MR) is 99.3 cm³/mol. The van der Waals surface area contributed by atoms with Crippen LogP contribution in [0.1, 0.15) is 34.3 Å². The highest BCUT2D eigenvalue weighted by molar-refractivity contribution is 7.89. The molecule has 26 heavy (non-hydrogen) atoms. The lowest BCUT2D eigenvalue weighted by atomic mass is 10.1. The van der Waals surface area contributed by atoms with E-state index in [1.807, 2.05) is 0 Å². The summed E-state index contributed by atoms with van der Waals surface area (Å²) >= 11 is 6.10. The minimum absolute atomic E-state index is 0.0525. The van der Waals surface area contributed by atoms with Crippen LogP contribution in [0.15, 0.2) is 42.5 Å². The Kier molecular flexibility index (Phi) is 5.34. The Balaban J connectivity index is 1.87. The summed E-state index contributed by atoms with van der Waals surface area (Å²) in [5.41, 5.74) is 1.24. The maximum atomic E-state index is 14.1. The van der Waals surface area contributed by atoms with E-state index < -0.39 is 15.7 Å². The molecule has 1 aliphatic carbocycles. The molecule has 0 spiro atoms. The number of sulfone groups is 1. The third-order valence-electron chi connectivity index (χ3n) is 4.24. The van der Waals surface area contributed by atoms with Crippen LogP contribution < -0.4 is 0 Å². The number of hydrogen-bond donors (Lipinski definition) is 0. The van der Waals surface area contributed by atoms with E-state index in [4.69, 9.17) is 11.6 Å². The zero-order valence-electron chi connectivity index (χ0n) is 14.3. The van der Waals surface area contributed by atoms with E-state index in [1.165, 1.54) is 12.1 Å². The predicted octanol–water partition coefficient (Wildman–Crippen LogP) is 3.83. The molecule has 7 heteroatoms. The van der Waals surface area contributed by atoms with Crippen molar-refractivity contribution in [1.29, 1.82) is 0 Å². The van der Waals surface area contributed by atoms with Crippen LogP contribution in [0.25, 0.3) is 0 Å². The first-order chi connectivity index (χ1) is 12.2. The van der Waals surface area contributed by atoms with Crippen molar-refractivity contribution in [2.45, 2.75) is 31.2 Å². The van der Waals surface area contributed by atoms with Crippen molar-refractivity contribution >= 4 is 27.3 Å². The Bertz CT molecular complexity index is 921. The molecule has 1 saturated carbocycles. The zero-order valence-corrected chi connectivity index (χ0v) is 15.9. The molecule has 138 valence electrons. The molecule has 2 aromatic carbocycles. The molecule has 0 atom stereocenters. The Labute approximate surface area is 157 Å². The van der Waals surface area contributed by atoms with Crippen LogP contribution in [0.4, 0.5) is 4.39 Å². The summed E-state index contributed by atoms with van der Waals surface area (Å²) in [7, 11) is -3.20. The van der Waals surface area contributed by atoms with Gasteiger partial charge in [-0.25, -0.2) is 12.8 Å². The van der Waals surface area contributed by atoms with Crippen LogP contribution in [-0.4, -0.2) is 31.5 Å². The summed E-state index contributed by atoms with van der Waals surface area (Å²) in [6.45, 7) is 0.0886. The lowest BCUT2D eigenvalue weighted by Crippen LogP contribution is -2.33. The standard InChI is InChI=1S/C19H19ClFNO3S/c1-26(24,25)12-13-4-2-5-14(10-13)19(23)22(15-8-9-15)11-16-17(20)6-3-7-18(16)21/h2-7,10,15H,8-9,11-12H2,1H3. The molecule has 1 amide bonds. The average molecular weight is 396 g/mol. The van der Waals surface area contributed by atoms with Gasteiger partial charge in [-0.1, -0.05) is 29.8 Å². The van der Waals surface area contributed by atoms with Crippen molar-refractivity contribution in [3.63, 3.8) is 0 Å². The smallest absolute Gasteiger partial charge is 0.254 e. The fraction of sp³-hybridized carbons (Fsp3) is 0.316. The number of amides is 1. The number of nitrogens with zero attached hydrogens (tertiary/aromatic N) is 1. The first kappa shape index (κ1) is 18.9. The van der Waals surface area contributed by atoms with Gasteiger partial charge < -0.3 is 4.90 Å². The molecule has 1 aliphatic rings. The van der Waals surface area contributed by atoms with E-state index in [0.29, 0.717) is 16.7 Å². The first-order valence-electron chi connectivity index (χ1n) is 8.25. The largest absolute Gasteiger partial charge is 0.331 e. The molecular formula is C19H19ClFNO3S. The van der Waals surface area contributed by atoms with Crippen LogP contribution in [0.3, 0.4) is 0 Å². The van der Waals surface area contributed by atoms with Gasteiger partial charge in [-0.3, -0.25) is 4.79 Å². The van der Waals surface area contributed by atoms with Crippen LogP contribution in [-0.2, 0) is 22.1 Å². The second-order valence-electron chi connectivity index (χ2n) is 6.63. The van der Waals surface area contributed by atoms with Gasteiger partial charge in [0.25, 0.3) is 5.91 Å². The Morgan fingerprint density at radius 3 is 2.54 bits per heavy atom. The Hall–Kier alpha value is -1.92. The molecule has 0 aliphatic heterocycles. The average Bonchev–Trinajstić information content (AvgIpc) is 3.37. The number of benzene rings is 2. The topological polar surface area (TPSA) is 54.5 Å². The fourth-order valence-electron chi connectivity index (χ4n) is 2.87. The van der Waals surface area contributed by atoms with Gasteiger partial charge in [-0.15, -0.1) is 0 Å². The zero-order chi connectivity index (χ0) is 18.9. The lowest BCUT2D eigenvalue weighted by Gasteiger charge is -2.23. The molecule has 0 saturated heterocycles. The highest BCUT2D eigenvalue weighted by Gasteiger charge is 2.34. The van der Waals surface area contributed by atoms with Gasteiger partial charge in [-0.2, -0.15) is 0 Å². The molecule has 0 heterocycles. The fourth-order valence-corrected chi connectivity index (χ4v) is 3.88. The minimum Gasteiger partial charge on any atom is -0.331 e. The van der Waals surface area contributed by atoms with Crippen molar-refractivity contribution in [3.8, 4) is 0 Å². The van der Waals surface area contributed by atoms with Crippen molar-refractivity contribution in [1.82, 2.24) is 4.90 Å². The maximum absolute atomic E-state index is 14.1. The first-order valence-corrected chi connectivity index (χ1v) is 10.7. The number of rotatable bonds is 6. The third kappa shape index (κ3) is 4.62. The van der Waals surface area contributed by atoms with E-state index in [1.54, 1.807) is 35.2 Å². The van der Waals surface area contributed by atoms with E-state index in [-0.39, 0.29) is 29.3 Å². The quantitative estimate of drug-likeness (QED) is 0.747. The van der Waals surface area contributed by atoms with Gasteiger partial charge in [0.2, 0.25) is 0 Å². The molecule has 0 N–H and O–H groups in total. The van der Waals surface area contributed by atoms with Crippen LogP contribution in [0.5, 0.6) is 0 Å². The second kappa shape index (κ2) is 7.37. The van der Waals surface area contributed by atoms with E-state index in [9.17, 15) is 17.6 Å². The van der Waals surface area contributed by atoms with Crippen molar-refractivity contribution < 1.29 is 17.6 Å². The summed E-state index contributed by atoms with van der Waals surface area (Å²) in [6.07, 6.45) is 2.87. The van der Waals surface area contributed by atoms with Crippen molar-refractivity contribution in [3.05, 3.63) is 70.0 Å². The second-order valence-corrected chi connectivity index (χ2v) is 9.18. The molecule has 0 unspecified atom stereocenters. The van der Waals surface area contributed by atoms with Gasteiger partial charge in [0.05, 0.1) is 12.3 Å². The van der Waals surface area contributed by atoms with E-state index in [2.05, 4.69) is 0 Å². The third-order valence-corrected chi connectivity index (χ3v) is 5.45. The van der Waals surface area contributed by atoms with Gasteiger partial charge in [-0.05, 0) is 42.7 Å². The van der Waals surface area contributed by atoms with Crippen molar-refractivity contribution in [2.24, 2.45) is 0 Å². The van der Waals surface area contributed by atoms with Gasteiger partial charge in [0.15, 0.2) is 9.84 Å². The molecule has 3 rings (SSSR count). The van der Waals surface area contributed by atoms with E-state index in [0.717, 1.165) is 19.1 Å². The summed E-state index contributed by atoms with van der Waals surface area (Å²) in [5, 5.41) is 0.286. The summed E-state index contributed by atoms with van der Waals surface area (Å²) in [5.74, 6) is -0.819. The van der Waals surface area contributed by atoms with Crippen LogP contribution >= 0.6 is 11.6 Å². The molecule has 4 nitrogen and oxygen atoms in total. The molecule has 0 bridgehead atoms. The number of carbonyl (C=O) groups is 1. The molecule has 0 aromatic heterocycles. The maximum Gasteiger partial charge on any atom is 0.254 e. The number of carbonyl (C=O) groups excluding carboxylic acids is 1. The summed E-state index contributed by atoms with van der Waals surface area (Å²) < 4.78 is 37.1. The van der Waals surface area contributed by atoms with Crippen molar-refractivity contribution in [2.75, 3.05) is 6.26 Å². The summed E-state index contributed by atoms with van der Waals surface area (Å²) in [4.78, 5) is 14.6. The Morgan fingerprint density at radius 2 is 1.92 bits per heavy atom. The number of halogens is 2. The summed E-state index contributed by atoms with van der Waals surface area (Å²) in [6, 6.07) is 11.1. The number of hydrogen-bond acceptors (Lipinski definition) is 3. The van der Waals surface area contributed by atoms with Crippen LogP contribution in [0.2, 0.25) is 5.02 Å². The Morgan fingerprint density at radius 1 is 1.23 bits per heavy atom. The lowest BCUT2D eigenvalue weighted by molar-refractivity contribution is 0.0728. The molecule has 0 radical (unpaired) electrons. The highest BCUT2D eigenvalue weighted by atomic mass is 35.5.